The average Bonchev–Trinajstić information content (AvgIpc) is 2.56. The molecular formula is C20H30N2O4. The number of methoxy groups -OCH3 is 1. The van der Waals surface area contributed by atoms with Crippen molar-refractivity contribution in [2.75, 3.05) is 12.4 Å². The SMILES string of the molecule is COC(=O)c1cccc(N[C@H]2CC[C@H](NC(=O)OC(C)(C)C)CC2)c1C. The maximum atomic E-state index is 11.9. The van der Waals surface area contributed by atoms with Gasteiger partial charge in [-0.1, -0.05) is 6.07 Å². The Kier molecular flexibility index (Phi) is 6.51. The molecule has 0 unspecified atom stereocenters. The Labute approximate surface area is 155 Å². The number of esters is 1. The summed E-state index contributed by atoms with van der Waals surface area (Å²) in [5.41, 5.74) is 1.95. The van der Waals surface area contributed by atoms with Gasteiger partial charge in [-0.2, -0.15) is 0 Å². The summed E-state index contributed by atoms with van der Waals surface area (Å²) in [4.78, 5) is 23.7. The van der Waals surface area contributed by atoms with Gasteiger partial charge in [0.05, 0.1) is 12.7 Å². The summed E-state index contributed by atoms with van der Waals surface area (Å²) in [5, 5.41) is 6.48. The number of amides is 1. The molecule has 0 heterocycles. The lowest BCUT2D eigenvalue weighted by atomic mass is 9.90. The summed E-state index contributed by atoms with van der Waals surface area (Å²) in [7, 11) is 1.39. The summed E-state index contributed by atoms with van der Waals surface area (Å²) in [6.07, 6.45) is 3.33. The van der Waals surface area contributed by atoms with Crippen LogP contribution in [0.15, 0.2) is 18.2 Å². The molecule has 0 atom stereocenters. The summed E-state index contributed by atoms with van der Waals surface area (Å²) in [6, 6.07) is 6.07. The van der Waals surface area contributed by atoms with E-state index in [1.807, 2.05) is 39.8 Å². The molecule has 1 aliphatic rings. The first-order valence-electron chi connectivity index (χ1n) is 9.13. The number of ether oxygens (including phenoxy) is 2. The molecule has 6 nitrogen and oxygen atoms in total. The standard InChI is InChI=1S/C20H30N2O4/c1-13-16(18(23)25-5)7-6-8-17(13)21-14-9-11-15(12-10-14)22-19(24)26-20(2,3)4/h6-8,14-15,21H,9-12H2,1-5H3,(H,22,24)/t14-,15-. The van der Waals surface area contributed by atoms with Crippen molar-refractivity contribution in [3.05, 3.63) is 29.3 Å². The molecule has 0 bridgehead atoms. The highest BCUT2D eigenvalue weighted by molar-refractivity contribution is 5.92. The monoisotopic (exact) mass is 362 g/mol. The van der Waals surface area contributed by atoms with Crippen molar-refractivity contribution < 1.29 is 19.1 Å². The van der Waals surface area contributed by atoms with Gasteiger partial charge in [0.25, 0.3) is 0 Å². The van der Waals surface area contributed by atoms with Gasteiger partial charge in [-0.05, 0) is 71.1 Å². The lowest BCUT2D eigenvalue weighted by Gasteiger charge is -2.31. The molecule has 144 valence electrons. The summed E-state index contributed by atoms with van der Waals surface area (Å²) in [5.74, 6) is -0.323. The van der Waals surface area contributed by atoms with Gasteiger partial charge in [0.2, 0.25) is 0 Å². The average molecular weight is 362 g/mol. The molecule has 1 aromatic carbocycles. The number of rotatable bonds is 4. The summed E-state index contributed by atoms with van der Waals surface area (Å²) >= 11 is 0. The van der Waals surface area contributed by atoms with Crippen molar-refractivity contribution >= 4 is 17.7 Å². The van der Waals surface area contributed by atoms with Gasteiger partial charge >= 0.3 is 12.1 Å². The Bertz CT molecular complexity index is 644. The smallest absolute Gasteiger partial charge is 0.407 e. The van der Waals surface area contributed by atoms with Crippen LogP contribution in [0.5, 0.6) is 0 Å². The van der Waals surface area contributed by atoms with Gasteiger partial charge in [0.15, 0.2) is 0 Å². The number of carbonyl (C=O) groups is 2. The zero-order valence-electron chi connectivity index (χ0n) is 16.3. The molecule has 2 rings (SSSR count). The second-order valence-corrected chi connectivity index (χ2v) is 7.81. The van der Waals surface area contributed by atoms with E-state index in [1.165, 1.54) is 7.11 Å². The summed E-state index contributed by atoms with van der Waals surface area (Å²) in [6.45, 7) is 7.50. The zero-order chi connectivity index (χ0) is 19.3. The highest BCUT2D eigenvalue weighted by atomic mass is 16.6. The molecule has 0 saturated heterocycles. The van der Waals surface area contributed by atoms with Gasteiger partial charge in [-0.3, -0.25) is 0 Å². The van der Waals surface area contributed by atoms with Gasteiger partial charge < -0.3 is 20.1 Å². The van der Waals surface area contributed by atoms with Crippen LogP contribution in [-0.4, -0.2) is 36.9 Å². The third-order valence-corrected chi connectivity index (χ3v) is 4.55. The van der Waals surface area contributed by atoms with Crippen LogP contribution in [0.25, 0.3) is 0 Å². The Morgan fingerprint density at radius 2 is 1.69 bits per heavy atom. The molecule has 0 aliphatic heterocycles. The van der Waals surface area contributed by atoms with Crippen LogP contribution in [0.1, 0.15) is 62.4 Å². The quantitative estimate of drug-likeness (QED) is 0.791. The molecule has 6 heteroatoms. The second-order valence-electron chi connectivity index (χ2n) is 7.81. The largest absolute Gasteiger partial charge is 0.465 e. The number of anilines is 1. The van der Waals surface area contributed by atoms with Crippen LogP contribution in [0.4, 0.5) is 10.5 Å². The van der Waals surface area contributed by atoms with Crippen molar-refractivity contribution in [3.63, 3.8) is 0 Å². The highest BCUT2D eigenvalue weighted by Gasteiger charge is 2.25. The van der Waals surface area contributed by atoms with Crippen LogP contribution in [0.2, 0.25) is 0 Å². The van der Waals surface area contributed by atoms with Crippen molar-refractivity contribution in [2.24, 2.45) is 0 Å². The molecule has 0 spiro atoms. The topological polar surface area (TPSA) is 76.7 Å². The van der Waals surface area contributed by atoms with Crippen LogP contribution in [0, 0.1) is 6.92 Å². The second kappa shape index (κ2) is 8.43. The minimum absolute atomic E-state index is 0.144. The fourth-order valence-corrected chi connectivity index (χ4v) is 3.20. The van der Waals surface area contributed by atoms with E-state index in [9.17, 15) is 9.59 Å². The fourth-order valence-electron chi connectivity index (χ4n) is 3.20. The number of hydrogen-bond acceptors (Lipinski definition) is 5. The van der Waals surface area contributed by atoms with Crippen LogP contribution in [-0.2, 0) is 9.47 Å². The number of benzene rings is 1. The Hall–Kier alpha value is -2.24. The molecule has 2 N–H and O–H groups in total. The third-order valence-electron chi connectivity index (χ3n) is 4.55. The number of hydrogen-bond donors (Lipinski definition) is 2. The van der Waals surface area contributed by atoms with Crippen LogP contribution < -0.4 is 10.6 Å². The minimum Gasteiger partial charge on any atom is -0.465 e. The first-order chi connectivity index (χ1) is 12.2. The van der Waals surface area contributed by atoms with Gasteiger partial charge in [0, 0.05) is 17.8 Å². The molecule has 0 aromatic heterocycles. The number of carbonyl (C=O) groups excluding carboxylic acids is 2. The van der Waals surface area contributed by atoms with Crippen molar-refractivity contribution in [3.8, 4) is 0 Å². The first-order valence-corrected chi connectivity index (χ1v) is 9.13. The molecule has 0 radical (unpaired) electrons. The van der Waals surface area contributed by atoms with E-state index in [0.29, 0.717) is 11.6 Å². The molecule has 1 aliphatic carbocycles. The Morgan fingerprint density at radius 1 is 1.08 bits per heavy atom. The molecule has 1 amide bonds. The van der Waals surface area contributed by atoms with E-state index in [2.05, 4.69) is 10.6 Å². The lowest BCUT2D eigenvalue weighted by molar-refractivity contribution is 0.0491. The predicted molar refractivity (Wildman–Crippen MR) is 102 cm³/mol. The number of nitrogens with one attached hydrogen (secondary N) is 2. The fraction of sp³-hybridized carbons (Fsp3) is 0.600. The van der Waals surface area contributed by atoms with Crippen LogP contribution >= 0.6 is 0 Å². The van der Waals surface area contributed by atoms with Crippen LogP contribution in [0.3, 0.4) is 0 Å². The Balaban J connectivity index is 1.88. The van der Waals surface area contributed by atoms with E-state index in [0.717, 1.165) is 36.9 Å². The van der Waals surface area contributed by atoms with E-state index in [4.69, 9.17) is 9.47 Å². The van der Waals surface area contributed by atoms with E-state index in [-0.39, 0.29) is 18.1 Å². The predicted octanol–water partition coefficient (Wildman–Crippen LogP) is 4.03. The van der Waals surface area contributed by atoms with Crippen molar-refractivity contribution in [1.82, 2.24) is 5.32 Å². The van der Waals surface area contributed by atoms with E-state index >= 15 is 0 Å². The van der Waals surface area contributed by atoms with Crippen molar-refractivity contribution in [2.45, 2.75) is 71.1 Å². The van der Waals surface area contributed by atoms with E-state index in [1.54, 1.807) is 6.07 Å². The third kappa shape index (κ3) is 5.64. The maximum absolute atomic E-state index is 11.9. The zero-order valence-corrected chi connectivity index (χ0v) is 16.3. The highest BCUT2D eigenvalue weighted by Crippen LogP contribution is 2.26. The van der Waals surface area contributed by atoms with E-state index < -0.39 is 5.60 Å². The summed E-state index contributed by atoms with van der Waals surface area (Å²) < 4.78 is 10.1. The molecule has 26 heavy (non-hydrogen) atoms. The molecule has 1 saturated carbocycles. The van der Waals surface area contributed by atoms with Gasteiger partial charge in [0.1, 0.15) is 5.60 Å². The lowest BCUT2D eigenvalue weighted by Crippen LogP contribution is -2.42. The van der Waals surface area contributed by atoms with Gasteiger partial charge in [-0.25, -0.2) is 9.59 Å². The molecular weight excluding hydrogens is 332 g/mol. The van der Waals surface area contributed by atoms with Crippen molar-refractivity contribution in [1.29, 1.82) is 0 Å². The minimum atomic E-state index is -0.481. The normalized spacial score (nSPS) is 20.2. The molecule has 1 aromatic rings. The Morgan fingerprint density at radius 3 is 2.27 bits per heavy atom. The number of alkyl carbamates (subject to hydrolysis) is 1. The first kappa shape index (κ1) is 20.1. The molecule has 1 fully saturated rings. The maximum Gasteiger partial charge on any atom is 0.407 e. The van der Waals surface area contributed by atoms with Gasteiger partial charge in [-0.15, -0.1) is 0 Å².